The average molecular weight is 977 g/mol. The highest BCUT2D eigenvalue weighted by Crippen LogP contribution is 2.30. The summed E-state index contributed by atoms with van der Waals surface area (Å²) in [6.07, 6.45) is 0. The molecular weight excluding hydrogens is 933 g/mol. The second kappa shape index (κ2) is 23.2. The van der Waals surface area contributed by atoms with E-state index in [0.717, 1.165) is 0 Å². The molecule has 0 aliphatic heterocycles. The van der Waals surface area contributed by atoms with Crippen molar-refractivity contribution in [2.24, 2.45) is 5.73 Å². The molecule has 18 nitrogen and oxygen atoms in total. The van der Waals surface area contributed by atoms with Gasteiger partial charge in [0.05, 0.1) is 38.9 Å². The number of hydrogen-bond donors (Lipinski definition) is 3. The van der Waals surface area contributed by atoms with E-state index < -0.39 is 64.4 Å². The highest BCUT2D eigenvalue weighted by atomic mass is 28.4. The highest BCUT2D eigenvalue weighted by molar-refractivity contribution is 6.78. The Hall–Kier alpha value is -8.86. The molecule has 1 atom stereocenters. The van der Waals surface area contributed by atoms with Crippen molar-refractivity contribution in [3.8, 4) is 0 Å². The Morgan fingerprint density at radius 2 is 0.700 bits per heavy atom. The zero-order chi connectivity index (χ0) is 49.4. The number of carbonyl (C=O) groups is 6. The molecule has 0 bridgehead atoms. The number of anilines is 2. The van der Waals surface area contributed by atoms with E-state index in [1.54, 1.807) is 109 Å². The summed E-state index contributed by atoms with van der Waals surface area (Å²) in [7, 11) is -10.4. The second-order valence-electron chi connectivity index (χ2n) is 15.0. The standard InChI is InChI=1S/C50H44N6O12Si2/c1-35(69(63-42(57)36-20-8-2-9-21-36,64-43(58)37-22-10-3-11-23-37)65-44(59)38-24-12-4-13-25-38)34-53-49-54-48(52-33-32-51)55-50(56-49)70(66-45(60)39-26-14-5-15-27-39,67-46(61)40-28-16-6-17-29-40)68-47(62)41-30-18-7-19-31-41/h2-31,35H,32-34,51H2,1H3,(H2,52,53,54,55,56). The topological polar surface area (TPSA) is 247 Å². The van der Waals surface area contributed by atoms with Crippen LogP contribution in [0.5, 0.6) is 0 Å². The first-order valence-electron chi connectivity index (χ1n) is 21.6. The quantitative estimate of drug-likeness (QED) is 0.0712. The molecular formula is C50H44N6O12Si2. The third-order valence-electron chi connectivity index (χ3n) is 9.95. The van der Waals surface area contributed by atoms with Crippen molar-refractivity contribution in [2.75, 3.05) is 30.3 Å². The molecule has 1 heterocycles. The molecule has 0 aliphatic rings. The molecule has 1 unspecified atom stereocenters. The smallest absolute Gasteiger partial charge is 0.451 e. The van der Waals surface area contributed by atoms with Gasteiger partial charge >= 0.3 is 53.4 Å². The summed E-state index contributed by atoms with van der Waals surface area (Å²) in [4.78, 5) is 97.8. The molecule has 1 aromatic heterocycles. The van der Waals surface area contributed by atoms with E-state index in [0.29, 0.717) is 0 Å². The number of hydrogen-bond acceptors (Lipinski definition) is 18. The molecule has 7 rings (SSSR count). The van der Waals surface area contributed by atoms with Gasteiger partial charge in [0.25, 0.3) is 0 Å². The predicted octanol–water partition coefficient (Wildman–Crippen LogP) is 6.27. The van der Waals surface area contributed by atoms with Crippen molar-refractivity contribution in [2.45, 2.75) is 12.5 Å². The van der Waals surface area contributed by atoms with E-state index in [4.69, 9.17) is 32.3 Å². The van der Waals surface area contributed by atoms with E-state index in [2.05, 4.69) is 25.6 Å². The van der Waals surface area contributed by atoms with Crippen molar-refractivity contribution >= 4 is 70.8 Å². The van der Waals surface area contributed by atoms with E-state index in [9.17, 15) is 28.8 Å². The first-order valence-corrected chi connectivity index (χ1v) is 25.1. The number of carbonyl (C=O) groups excluding carboxylic acids is 6. The third kappa shape index (κ3) is 12.6. The Bertz CT molecular complexity index is 2650. The van der Waals surface area contributed by atoms with Crippen LogP contribution in [-0.4, -0.2) is 88.0 Å². The average Bonchev–Trinajstić information content (AvgIpc) is 3.40. The minimum absolute atomic E-state index is 0.00458. The number of nitrogens with two attached hydrogens (primary N) is 1. The molecule has 0 aliphatic carbocycles. The van der Waals surface area contributed by atoms with Crippen LogP contribution in [0.4, 0.5) is 11.9 Å². The minimum Gasteiger partial charge on any atom is -0.451 e. The molecule has 0 saturated heterocycles. The third-order valence-corrected chi connectivity index (χ3v) is 14.9. The molecule has 20 heteroatoms. The highest BCUT2D eigenvalue weighted by Gasteiger charge is 2.61. The fraction of sp³-hybridized carbons (Fsp3) is 0.100. The van der Waals surface area contributed by atoms with Crippen LogP contribution in [0.25, 0.3) is 0 Å². The van der Waals surface area contributed by atoms with Crippen molar-refractivity contribution in [3.63, 3.8) is 0 Å². The van der Waals surface area contributed by atoms with Gasteiger partial charge in [0, 0.05) is 19.6 Å². The Morgan fingerprint density at radius 3 is 0.986 bits per heavy atom. The summed E-state index contributed by atoms with van der Waals surface area (Å²) in [5.74, 6) is -6.62. The fourth-order valence-corrected chi connectivity index (χ4v) is 10.5. The molecule has 4 N–H and O–H groups in total. The van der Waals surface area contributed by atoms with Crippen LogP contribution >= 0.6 is 0 Å². The van der Waals surface area contributed by atoms with Gasteiger partial charge < -0.3 is 42.9 Å². The van der Waals surface area contributed by atoms with Crippen LogP contribution in [0.15, 0.2) is 182 Å². The van der Waals surface area contributed by atoms with Crippen LogP contribution in [0, 0.1) is 0 Å². The number of benzene rings is 6. The molecule has 0 fully saturated rings. The first kappa shape index (κ1) is 49.1. The van der Waals surface area contributed by atoms with E-state index >= 15 is 0 Å². The fourth-order valence-electron chi connectivity index (χ4n) is 6.34. The van der Waals surface area contributed by atoms with Crippen LogP contribution in [-0.2, 0) is 26.6 Å². The van der Waals surface area contributed by atoms with Crippen molar-refractivity contribution in [1.29, 1.82) is 0 Å². The number of nitrogens with zero attached hydrogens (tertiary/aromatic N) is 3. The SMILES string of the molecule is CC(CNc1nc(NCCN)nc([Si](OC(=O)c2ccccc2)(OC(=O)c2ccccc2)OC(=O)c2ccccc2)n1)[Si](OC(=O)c1ccccc1)(OC(=O)c1ccccc1)OC(=O)c1ccccc1. The summed E-state index contributed by atoms with van der Waals surface area (Å²) < 4.78 is 36.5. The van der Waals surface area contributed by atoms with Crippen LogP contribution in [0.1, 0.15) is 69.1 Å². The van der Waals surface area contributed by atoms with Crippen LogP contribution in [0.3, 0.4) is 0 Å². The maximum atomic E-state index is 14.1. The van der Waals surface area contributed by atoms with Crippen molar-refractivity contribution < 1.29 is 55.3 Å². The van der Waals surface area contributed by atoms with Crippen molar-refractivity contribution in [3.05, 3.63) is 215 Å². The Kier molecular flexibility index (Phi) is 16.3. The summed E-state index contributed by atoms with van der Waals surface area (Å²) in [6.45, 7) is 1.30. The van der Waals surface area contributed by atoms with Crippen LogP contribution in [0.2, 0.25) is 5.54 Å². The zero-order valence-electron chi connectivity index (χ0n) is 37.3. The van der Waals surface area contributed by atoms with Gasteiger partial charge in [-0.3, -0.25) is 0 Å². The molecule has 70 heavy (non-hydrogen) atoms. The zero-order valence-corrected chi connectivity index (χ0v) is 39.3. The number of nitrogens with one attached hydrogen (secondary N) is 2. The lowest BCUT2D eigenvalue weighted by Gasteiger charge is -2.32. The predicted molar refractivity (Wildman–Crippen MR) is 258 cm³/mol. The number of rotatable bonds is 20. The van der Waals surface area contributed by atoms with Gasteiger partial charge in [0.2, 0.25) is 17.3 Å². The Labute approximate surface area is 403 Å². The second-order valence-corrected chi connectivity index (χ2v) is 20.0. The van der Waals surface area contributed by atoms with Crippen LogP contribution < -0.4 is 21.8 Å². The normalized spacial score (nSPS) is 11.5. The van der Waals surface area contributed by atoms with Gasteiger partial charge in [-0.1, -0.05) is 116 Å². The van der Waals surface area contributed by atoms with Gasteiger partial charge in [-0.05, 0) is 72.8 Å². The summed E-state index contributed by atoms with van der Waals surface area (Å²) in [5, 5.41) is 5.93. The molecule has 7 aromatic rings. The minimum atomic E-state index is -5.40. The van der Waals surface area contributed by atoms with Gasteiger partial charge in [-0.2, -0.15) is 15.0 Å². The summed E-state index contributed by atoms with van der Waals surface area (Å²) >= 11 is 0. The van der Waals surface area contributed by atoms with Gasteiger partial charge in [0.15, 0.2) is 0 Å². The Balaban J connectivity index is 1.34. The molecule has 0 spiro atoms. The monoisotopic (exact) mass is 976 g/mol. The Morgan fingerprint density at radius 1 is 0.429 bits per heavy atom. The van der Waals surface area contributed by atoms with E-state index in [1.807, 2.05) is 0 Å². The van der Waals surface area contributed by atoms with Gasteiger partial charge in [-0.25, -0.2) is 28.8 Å². The maximum Gasteiger partial charge on any atom is 0.783 e. The van der Waals surface area contributed by atoms with Gasteiger partial charge in [-0.15, -0.1) is 0 Å². The summed E-state index contributed by atoms with van der Waals surface area (Å²) in [5.41, 5.74) is 4.23. The lowest BCUT2D eigenvalue weighted by atomic mass is 10.2. The molecule has 0 radical (unpaired) electrons. The molecule has 354 valence electrons. The van der Waals surface area contributed by atoms with E-state index in [1.165, 1.54) is 79.7 Å². The van der Waals surface area contributed by atoms with Gasteiger partial charge in [0.1, 0.15) is 0 Å². The van der Waals surface area contributed by atoms with E-state index in [-0.39, 0.29) is 64.9 Å². The first-order chi connectivity index (χ1) is 34.0. The largest absolute Gasteiger partial charge is 0.783 e. The van der Waals surface area contributed by atoms with Crippen molar-refractivity contribution in [1.82, 2.24) is 15.0 Å². The lowest BCUT2D eigenvalue weighted by Crippen LogP contribution is -2.62. The number of aromatic nitrogens is 3. The molecule has 6 aromatic carbocycles. The summed E-state index contributed by atoms with van der Waals surface area (Å²) in [6, 6.07) is 46.5. The molecule has 0 saturated carbocycles. The maximum absolute atomic E-state index is 14.1. The molecule has 0 amide bonds. The lowest BCUT2D eigenvalue weighted by molar-refractivity contribution is 0.0283.